The molecule has 0 N–H and O–H groups in total. The fourth-order valence-corrected chi connectivity index (χ4v) is 19.2. The first-order valence-electron chi connectivity index (χ1n) is 29.8. The Kier molecular flexibility index (Phi) is 8.40. The molecule has 2 heterocycles. The van der Waals surface area contributed by atoms with Gasteiger partial charge < -0.3 is 4.40 Å². The van der Waals surface area contributed by atoms with Crippen LogP contribution < -0.4 is 0 Å². The lowest BCUT2D eigenvalue weighted by Gasteiger charge is -2.52. The zero-order valence-electron chi connectivity index (χ0n) is 46.6. The zero-order chi connectivity index (χ0) is 55.2. The van der Waals surface area contributed by atoms with E-state index >= 15 is 0 Å². The van der Waals surface area contributed by atoms with Crippen LogP contribution in [0, 0.1) is 22.7 Å². The van der Waals surface area contributed by atoms with E-state index in [0.717, 1.165) is 46.1 Å². The van der Waals surface area contributed by atoms with Gasteiger partial charge in [0.2, 0.25) is 0 Å². The van der Waals surface area contributed by atoms with Gasteiger partial charge in [-0.05, 0) is 166 Å². The smallest absolute Gasteiger partial charge is 0.0996 e. The lowest BCUT2D eigenvalue weighted by Crippen LogP contribution is -2.44. The summed E-state index contributed by atoms with van der Waals surface area (Å²) >= 11 is 0. The molecule has 0 aliphatic heterocycles. The minimum atomic E-state index is -0.775. The maximum absolute atomic E-state index is 12.1. The van der Waals surface area contributed by atoms with E-state index in [-0.39, 0.29) is 22.7 Å². The molecule has 4 bridgehead atoms. The average molecular weight is 1060 g/mol. The summed E-state index contributed by atoms with van der Waals surface area (Å²) < 4.78 is 2.56. The van der Waals surface area contributed by atoms with Crippen molar-refractivity contribution in [2.24, 2.45) is 0 Å². The van der Waals surface area contributed by atoms with Crippen LogP contribution in [0.3, 0.4) is 0 Å². The minimum absolute atomic E-state index is 0.138. The van der Waals surface area contributed by atoms with E-state index in [1.165, 1.54) is 127 Å². The molecule has 3 nitrogen and oxygen atoms in total. The van der Waals surface area contributed by atoms with Crippen LogP contribution in [0.4, 0.5) is 0 Å². The highest BCUT2D eigenvalue weighted by Gasteiger charge is 2.58. The third-order valence-electron chi connectivity index (χ3n) is 22.1. The van der Waals surface area contributed by atoms with E-state index in [0.29, 0.717) is 11.1 Å². The van der Waals surface area contributed by atoms with E-state index < -0.39 is 10.8 Å². The van der Waals surface area contributed by atoms with Gasteiger partial charge in [0.05, 0.1) is 50.6 Å². The molecular formula is C80H53N3. The monoisotopic (exact) mass is 1060 g/mol. The Bertz CT molecular complexity index is 5150. The van der Waals surface area contributed by atoms with Crippen molar-refractivity contribution in [3.05, 3.63) is 324 Å². The second-order valence-corrected chi connectivity index (χ2v) is 25.2. The molecule has 0 saturated heterocycles. The normalized spacial score (nSPS) is 20.4. The van der Waals surface area contributed by atoms with Crippen LogP contribution in [0.15, 0.2) is 212 Å². The number of benzene rings is 11. The van der Waals surface area contributed by atoms with Gasteiger partial charge in [-0.15, -0.1) is 0 Å². The predicted molar refractivity (Wildman–Crippen MR) is 333 cm³/mol. The fraction of sp³-hybridized carbons (Fsp3) is 0.150. The summed E-state index contributed by atoms with van der Waals surface area (Å²) in [5.41, 5.74) is 30.6. The fourth-order valence-electron chi connectivity index (χ4n) is 19.2. The predicted octanol–water partition coefficient (Wildman–Crippen LogP) is 18.4. The Morgan fingerprint density at radius 2 is 0.819 bits per heavy atom. The van der Waals surface area contributed by atoms with Gasteiger partial charge in [-0.2, -0.15) is 10.5 Å². The van der Waals surface area contributed by atoms with Crippen LogP contribution in [0.1, 0.15) is 164 Å². The maximum Gasteiger partial charge on any atom is 0.0996 e. The van der Waals surface area contributed by atoms with E-state index in [2.05, 4.69) is 257 Å². The number of hydrogen-bond donors (Lipinski definition) is 0. The summed E-state index contributed by atoms with van der Waals surface area (Å²) in [6.07, 6.45) is 1.82. The highest BCUT2D eigenvalue weighted by molar-refractivity contribution is 6.29. The van der Waals surface area contributed by atoms with Crippen molar-refractivity contribution in [1.82, 2.24) is 4.40 Å². The van der Waals surface area contributed by atoms with E-state index in [1.807, 2.05) is 0 Å². The first-order valence-corrected chi connectivity index (χ1v) is 29.8. The number of rotatable bonds is 4. The van der Waals surface area contributed by atoms with Gasteiger partial charge in [0.25, 0.3) is 0 Å². The molecule has 0 radical (unpaired) electrons. The van der Waals surface area contributed by atoms with Gasteiger partial charge in [0, 0.05) is 44.2 Å². The topological polar surface area (TPSA) is 52.0 Å². The van der Waals surface area contributed by atoms with Crippen LogP contribution in [0.5, 0.6) is 0 Å². The van der Waals surface area contributed by atoms with Gasteiger partial charge in [-0.1, -0.05) is 210 Å². The standard InChI is InChI=1S/C80H53N3/c1-5-78(6-2)63-41-53-48-27-13-18-32-57(48)77(3,4)62(53)40-54(63)55-39-56-68-64(37-44(42-81)73-70(68)66-49-28-14-19-33-58(49)79(73,46-23-9-7-10-24-46)59-34-20-15-29-50(59)66)83-65-38-45(43-82)74-71(69(65)72(75(55)78)76(56)83)67-51-30-16-21-35-60(51)80(74,47-25-11-8-12-26-47)61-36-22-17-31-52(61)67/h7-41,66-67H,5-6H2,1-4H3. The average Bonchev–Trinajstić information content (AvgIpc) is 1.70. The first-order chi connectivity index (χ1) is 40.8. The van der Waals surface area contributed by atoms with Crippen molar-refractivity contribution in [2.75, 3.05) is 0 Å². The Labute approximate surface area is 482 Å². The maximum atomic E-state index is 12.1. The molecule has 3 heteroatoms. The van der Waals surface area contributed by atoms with Crippen molar-refractivity contribution >= 4 is 38.1 Å². The third kappa shape index (κ3) is 4.84. The van der Waals surface area contributed by atoms with Crippen LogP contribution >= 0.6 is 0 Å². The van der Waals surface area contributed by atoms with Crippen molar-refractivity contribution in [3.8, 4) is 34.4 Å². The summed E-state index contributed by atoms with van der Waals surface area (Å²) in [6, 6.07) is 85.8. The quantitative estimate of drug-likeness (QED) is 0.176. The summed E-state index contributed by atoms with van der Waals surface area (Å²) in [6.45, 7) is 9.68. The van der Waals surface area contributed by atoms with E-state index in [1.54, 1.807) is 0 Å². The molecule has 388 valence electrons. The molecule has 13 aromatic rings. The molecule has 0 spiro atoms. The SMILES string of the molecule is CCC1(CC)c2cc3c(cc2-c2cc4c5c6c(c(C#N)cc5n5c7cc(C#N)c8c(c7c(c21)c45)C1c2ccccc2C8(c2ccccc2)c2ccccc21)C1(c2ccccc2)c2ccccc2C6c2ccccc21)C(C)(C)c1ccccc1-3. The van der Waals surface area contributed by atoms with E-state index in [4.69, 9.17) is 0 Å². The van der Waals surface area contributed by atoms with Crippen LogP contribution in [-0.4, -0.2) is 4.40 Å². The van der Waals surface area contributed by atoms with Gasteiger partial charge in [-0.3, -0.25) is 0 Å². The highest BCUT2D eigenvalue weighted by Crippen LogP contribution is 2.69. The van der Waals surface area contributed by atoms with Crippen LogP contribution in [0.2, 0.25) is 0 Å². The summed E-state index contributed by atoms with van der Waals surface area (Å²) in [5.74, 6) is -0.285. The molecule has 21 rings (SSSR count). The van der Waals surface area contributed by atoms with Crippen LogP contribution in [-0.2, 0) is 21.7 Å². The lowest BCUT2D eigenvalue weighted by atomic mass is 9.49. The highest BCUT2D eigenvalue weighted by atomic mass is 14.9. The van der Waals surface area contributed by atoms with Crippen LogP contribution in [0.25, 0.3) is 60.3 Å². The zero-order valence-corrected chi connectivity index (χ0v) is 46.6. The minimum Gasteiger partial charge on any atom is -0.308 e. The van der Waals surface area contributed by atoms with Crippen molar-refractivity contribution in [3.63, 3.8) is 0 Å². The Morgan fingerprint density at radius 3 is 1.31 bits per heavy atom. The van der Waals surface area contributed by atoms with Gasteiger partial charge in [0.15, 0.2) is 0 Å². The second-order valence-electron chi connectivity index (χ2n) is 25.2. The Balaban J connectivity index is 1.07. The molecule has 0 saturated carbocycles. The van der Waals surface area contributed by atoms with Gasteiger partial charge in [-0.25, -0.2) is 0 Å². The number of aromatic nitrogens is 1. The van der Waals surface area contributed by atoms with Gasteiger partial charge >= 0.3 is 0 Å². The molecule has 0 atom stereocenters. The second kappa shape index (κ2) is 15.2. The third-order valence-corrected chi connectivity index (χ3v) is 22.1. The molecule has 0 fully saturated rings. The molecule has 8 aliphatic rings. The lowest BCUT2D eigenvalue weighted by molar-refractivity contribution is 0.494. The molecule has 0 amide bonds. The molecule has 11 aromatic carbocycles. The number of hydrogen-bond acceptors (Lipinski definition) is 2. The summed E-state index contributed by atoms with van der Waals surface area (Å²) in [4.78, 5) is 0. The molecule has 2 aromatic heterocycles. The Hall–Kier alpha value is -9.80. The molecule has 8 aliphatic carbocycles. The number of fused-ring (bicyclic) bond motifs is 13. The van der Waals surface area contributed by atoms with Crippen molar-refractivity contribution in [1.29, 1.82) is 10.5 Å². The molecular weight excluding hydrogens is 1000 g/mol. The van der Waals surface area contributed by atoms with E-state index in [9.17, 15) is 10.5 Å². The number of nitrogens with zero attached hydrogens (tertiary/aromatic N) is 3. The summed E-state index contributed by atoms with van der Waals surface area (Å²) in [5, 5.41) is 29.2. The first kappa shape index (κ1) is 45.9. The largest absolute Gasteiger partial charge is 0.308 e. The molecule has 83 heavy (non-hydrogen) atoms. The van der Waals surface area contributed by atoms with Crippen molar-refractivity contribution < 1.29 is 0 Å². The van der Waals surface area contributed by atoms with Gasteiger partial charge in [0.1, 0.15) is 0 Å². The summed E-state index contributed by atoms with van der Waals surface area (Å²) in [7, 11) is 0. The Morgan fingerprint density at radius 1 is 0.398 bits per heavy atom. The molecule has 0 unspecified atom stereocenters. The number of nitriles is 2. The van der Waals surface area contributed by atoms with Crippen molar-refractivity contribution in [2.45, 2.75) is 74.0 Å².